The molecule has 2 aromatic heterocycles. The van der Waals surface area contributed by atoms with Gasteiger partial charge in [-0.15, -0.1) is 11.3 Å². The molecule has 3 N–H and O–H groups in total. The number of nitrogens with two attached hydrogens (primary N) is 1. The molecular weight excluding hydrogens is 358 g/mol. The SMILES string of the molecule is NS(=O)(=O)c1ccc(Nc2nc(-c3cc4ccccc4o3)cs2)cc1. The van der Waals surface area contributed by atoms with Gasteiger partial charge in [-0.2, -0.15) is 0 Å². The summed E-state index contributed by atoms with van der Waals surface area (Å²) < 4.78 is 28.4. The van der Waals surface area contributed by atoms with Gasteiger partial charge in [-0.1, -0.05) is 18.2 Å². The average Bonchev–Trinajstić information content (AvgIpc) is 3.20. The fraction of sp³-hybridized carbons (Fsp3) is 0. The van der Waals surface area contributed by atoms with Crippen molar-refractivity contribution in [1.82, 2.24) is 4.98 Å². The normalized spacial score (nSPS) is 11.7. The number of nitrogens with zero attached hydrogens (tertiary/aromatic N) is 1. The van der Waals surface area contributed by atoms with Gasteiger partial charge in [-0.05, 0) is 36.4 Å². The summed E-state index contributed by atoms with van der Waals surface area (Å²) in [5.74, 6) is 0.704. The Balaban J connectivity index is 1.57. The Hall–Kier alpha value is -2.68. The second-order valence-electron chi connectivity index (χ2n) is 5.38. The highest BCUT2D eigenvalue weighted by molar-refractivity contribution is 7.89. The quantitative estimate of drug-likeness (QED) is 0.566. The molecule has 0 unspecified atom stereocenters. The first-order valence-corrected chi connectivity index (χ1v) is 9.76. The van der Waals surface area contributed by atoms with Crippen molar-refractivity contribution in [2.75, 3.05) is 5.32 Å². The molecule has 2 aromatic carbocycles. The van der Waals surface area contributed by atoms with Crippen LogP contribution in [0.4, 0.5) is 10.8 Å². The lowest BCUT2D eigenvalue weighted by molar-refractivity contribution is 0.598. The van der Waals surface area contributed by atoms with E-state index in [4.69, 9.17) is 9.56 Å². The van der Waals surface area contributed by atoms with Crippen LogP contribution in [0, 0.1) is 0 Å². The molecule has 0 radical (unpaired) electrons. The number of hydrogen-bond donors (Lipinski definition) is 2. The summed E-state index contributed by atoms with van der Waals surface area (Å²) in [6.07, 6.45) is 0. The Kier molecular flexibility index (Phi) is 3.79. The van der Waals surface area contributed by atoms with Gasteiger partial charge >= 0.3 is 0 Å². The molecule has 0 bridgehead atoms. The number of sulfonamides is 1. The first kappa shape index (κ1) is 15.8. The highest BCUT2D eigenvalue weighted by atomic mass is 32.2. The number of aromatic nitrogens is 1. The molecule has 4 rings (SSSR count). The van der Waals surface area contributed by atoms with E-state index < -0.39 is 10.0 Å². The third-order valence-electron chi connectivity index (χ3n) is 3.62. The van der Waals surface area contributed by atoms with Crippen LogP contribution in [0.1, 0.15) is 0 Å². The number of benzene rings is 2. The van der Waals surface area contributed by atoms with Crippen LogP contribution in [0.2, 0.25) is 0 Å². The number of rotatable bonds is 4. The van der Waals surface area contributed by atoms with Crippen LogP contribution >= 0.6 is 11.3 Å². The van der Waals surface area contributed by atoms with Gasteiger partial charge in [0.05, 0.1) is 4.90 Å². The smallest absolute Gasteiger partial charge is 0.238 e. The predicted molar refractivity (Wildman–Crippen MR) is 98.4 cm³/mol. The number of primary sulfonamides is 1. The number of fused-ring (bicyclic) bond motifs is 1. The molecule has 2 heterocycles. The lowest BCUT2D eigenvalue weighted by Gasteiger charge is -2.03. The Labute approximate surface area is 148 Å². The Morgan fingerprint density at radius 3 is 2.56 bits per heavy atom. The second kappa shape index (κ2) is 5.99. The Morgan fingerprint density at radius 2 is 1.84 bits per heavy atom. The summed E-state index contributed by atoms with van der Waals surface area (Å²) in [4.78, 5) is 4.58. The molecule has 0 spiro atoms. The predicted octanol–water partition coefficient (Wildman–Crippen LogP) is 3.95. The maximum absolute atomic E-state index is 11.3. The van der Waals surface area contributed by atoms with E-state index in [1.54, 1.807) is 12.1 Å². The summed E-state index contributed by atoms with van der Waals surface area (Å²) in [5, 5.41) is 11.8. The van der Waals surface area contributed by atoms with Crippen molar-refractivity contribution in [2.24, 2.45) is 5.14 Å². The molecule has 0 amide bonds. The lowest BCUT2D eigenvalue weighted by atomic mass is 10.2. The largest absolute Gasteiger partial charge is 0.454 e. The van der Waals surface area contributed by atoms with E-state index in [1.165, 1.54) is 23.5 Å². The molecule has 0 fully saturated rings. The third-order valence-corrected chi connectivity index (χ3v) is 5.30. The average molecular weight is 371 g/mol. The van der Waals surface area contributed by atoms with Gasteiger partial charge in [0.2, 0.25) is 10.0 Å². The van der Waals surface area contributed by atoms with Gasteiger partial charge < -0.3 is 9.73 Å². The molecule has 126 valence electrons. The monoisotopic (exact) mass is 371 g/mol. The minimum absolute atomic E-state index is 0.0696. The van der Waals surface area contributed by atoms with E-state index in [2.05, 4.69) is 10.3 Å². The van der Waals surface area contributed by atoms with Crippen LogP contribution in [-0.4, -0.2) is 13.4 Å². The number of nitrogens with one attached hydrogen (secondary N) is 1. The fourth-order valence-corrected chi connectivity index (χ4v) is 3.64. The molecule has 0 aliphatic rings. The van der Waals surface area contributed by atoms with Crippen LogP contribution in [0.15, 0.2) is 69.3 Å². The lowest BCUT2D eigenvalue weighted by Crippen LogP contribution is -2.11. The molecule has 0 saturated carbocycles. The molecule has 0 aliphatic heterocycles. The summed E-state index contributed by atoms with van der Waals surface area (Å²) in [6.45, 7) is 0. The van der Waals surface area contributed by atoms with E-state index in [1.807, 2.05) is 35.7 Å². The van der Waals surface area contributed by atoms with Gasteiger partial charge in [0.25, 0.3) is 0 Å². The molecule has 0 saturated heterocycles. The van der Waals surface area contributed by atoms with Crippen LogP contribution in [0.5, 0.6) is 0 Å². The third kappa shape index (κ3) is 3.27. The molecule has 6 nitrogen and oxygen atoms in total. The van der Waals surface area contributed by atoms with E-state index in [0.29, 0.717) is 10.9 Å². The van der Waals surface area contributed by atoms with Crippen molar-refractivity contribution < 1.29 is 12.8 Å². The maximum Gasteiger partial charge on any atom is 0.238 e. The first-order chi connectivity index (χ1) is 12.0. The number of thiazole rings is 1. The summed E-state index contributed by atoms with van der Waals surface area (Å²) in [5.41, 5.74) is 2.28. The van der Waals surface area contributed by atoms with Gasteiger partial charge in [0.15, 0.2) is 10.9 Å². The first-order valence-electron chi connectivity index (χ1n) is 7.33. The second-order valence-corrected chi connectivity index (χ2v) is 7.80. The summed E-state index contributed by atoms with van der Waals surface area (Å²) in [7, 11) is -3.69. The van der Waals surface area contributed by atoms with E-state index in [-0.39, 0.29) is 4.90 Å². The number of para-hydroxylation sites is 1. The van der Waals surface area contributed by atoms with Crippen LogP contribution in [0.25, 0.3) is 22.4 Å². The zero-order valence-electron chi connectivity index (χ0n) is 12.8. The van der Waals surface area contributed by atoms with Crippen molar-refractivity contribution in [1.29, 1.82) is 0 Å². The van der Waals surface area contributed by atoms with Gasteiger partial charge in [0, 0.05) is 16.5 Å². The molecular formula is C17H13N3O3S2. The molecule has 8 heteroatoms. The van der Waals surface area contributed by atoms with E-state index in [9.17, 15) is 8.42 Å². The molecule has 0 aliphatic carbocycles. The molecule has 4 aromatic rings. The van der Waals surface area contributed by atoms with Gasteiger partial charge in [-0.3, -0.25) is 0 Å². The van der Waals surface area contributed by atoms with Gasteiger partial charge in [0.1, 0.15) is 11.3 Å². The number of hydrogen-bond acceptors (Lipinski definition) is 6. The highest BCUT2D eigenvalue weighted by Gasteiger charge is 2.11. The summed E-state index contributed by atoms with van der Waals surface area (Å²) >= 11 is 1.43. The van der Waals surface area contributed by atoms with Crippen LogP contribution in [-0.2, 0) is 10.0 Å². The van der Waals surface area contributed by atoms with Crippen molar-refractivity contribution >= 4 is 43.1 Å². The van der Waals surface area contributed by atoms with Crippen molar-refractivity contribution in [3.05, 3.63) is 60.0 Å². The van der Waals surface area contributed by atoms with Crippen LogP contribution < -0.4 is 10.5 Å². The number of anilines is 2. The Bertz CT molecular complexity index is 1110. The van der Waals surface area contributed by atoms with Gasteiger partial charge in [-0.25, -0.2) is 18.5 Å². The fourth-order valence-electron chi connectivity index (χ4n) is 2.40. The molecule has 25 heavy (non-hydrogen) atoms. The van der Waals surface area contributed by atoms with Crippen LogP contribution in [0.3, 0.4) is 0 Å². The van der Waals surface area contributed by atoms with Crippen molar-refractivity contribution in [2.45, 2.75) is 4.90 Å². The maximum atomic E-state index is 11.3. The number of furan rings is 1. The minimum atomic E-state index is -3.69. The Morgan fingerprint density at radius 1 is 1.08 bits per heavy atom. The van der Waals surface area contributed by atoms with Crippen molar-refractivity contribution in [3.63, 3.8) is 0 Å². The van der Waals surface area contributed by atoms with E-state index >= 15 is 0 Å². The van der Waals surface area contributed by atoms with E-state index in [0.717, 1.165) is 22.4 Å². The highest BCUT2D eigenvalue weighted by Crippen LogP contribution is 2.31. The molecule has 0 atom stereocenters. The standard InChI is InChI=1S/C17H13N3O3S2/c18-25(21,22)13-7-5-12(6-8-13)19-17-20-14(10-24-17)16-9-11-3-1-2-4-15(11)23-16/h1-10H,(H,19,20)(H2,18,21,22). The zero-order valence-corrected chi connectivity index (χ0v) is 14.5. The zero-order chi connectivity index (χ0) is 17.4. The topological polar surface area (TPSA) is 98.2 Å². The van der Waals surface area contributed by atoms with Crippen molar-refractivity contribution in [3.8, 4) is 11.5 Å². The summed E-state index contributed by atoms with van der Waals surface area (Å²) in [6, 6.07) is 15.9. The minimum Gasteiger partial charge on any atom is -0.454 e.